The van der Waals surface area contributed by atoms with Gasteiger partial charge < -0.3 is 16.2 Å². The molecule has 0 saturated carbocycles. The second-order valence-corrected chi connectivity index (χ2v) is 4.51. The second-order valence-electron chi connectivity index (χ2n) is 4.51. The number of nitrogens with one attached hydrogen (secondary N) is 1. The first-order valence-electron chi connectivity index (χ1n) is 4.38. The molecule has 0 atom stereocenters. The molecular weight excluding hydrogens is 163 g/mol. The molecule has 0 aromatic heterocycles. The van der Waals surface area contributed by atoms with E-state index in [1.54, 1.807) is 13.8 Å². The Morgan fingerprint density at radius 2 is 1.85 bits per heavy atom. The van der Waals surface area contributed by atoms with Crippen LogP contribution < -0.4 is 5.73 Å². The molecule has 4 N–H and O–H groups in total. The van der Waals surface area contributed by atoms with Gasteiger partial charge >= 0.3 is 0 Å². The van der Waals surface area contributed by atoms with Crippen LogP contribution in [-0.4, -0.2) is 24.2 Å². The van der Waals surface area contributed by atoms with Gasteiger partial charge in [-0.3, -0.25) is 0 Å². The van der Waals surface area contributed by atoms with Gasteiger partial charge in [0.05, 0.1) is 5.60 Å². The second kappa shape index (κ2) is 3.96. The fourth-order valence-corrected chi connectivity index (χ4v) is 0.885. The van der Waals surface area contributed by atoms with E-state index in [0.29, 0.717) is 7.28 Å². The Hall–Kier alpha value is -0.765. The van der Waals surface area contributed by atoms with Crippen LogP contribution in [0.3, 0.4) is 0 Å². The first-order valence-corrected chi connectivity index (χ1v) is 4.38. The lowest BCUT2D eigenvalue weighted by molar-refractivity contribution is 0.0409. The van der Waals surface area contributed by atoms with Gasteiger partial charge in [0, 0.05) is 6.21 Å². The maximum Gasteiger partial charge on any atom is 0.170 e. The van der Waals surface area contributed by atoms with Gasteiger partial charge in [0.1, 0.15) is 0 Å². The van der Waals surface area contributed by atoms with Gasteiger partial charge in [-0.2, -0.15) is 0 Å². The van der Waals surface area contributed by atoms with Gasteiger partial charge in [0.25, 0.3) is 0 Å². The molecule has 3 nitrogen and oxygen atoms in total. The lowest BCUT2D eigenvalue weighted by atomic mass is 9.45. The molecule has 0 radical (unpaired) electrons. The first kappa shape index (κ1) is 12.2. The van der Waals surface area contributed by atoms with Crippen molar-refractivity contribution in [2.24, 2.45) is 5.73 Å². The Labute approximate surface area is 80.8 Å². The van der Waals surface area contributed by atoms with Crippen LogP contribution in [0.2, 0.25) is 5.31 Å². The van der Waals surface area contributed by atoms with Crippen LogP contribution >= 0.6 is 0 Å². The predicted octanol–water partition coefficient (Wildman–Crippen LogP) is 0.842. The summed E-state index contributed by atoms with van der Waals surface area (Å²) in [6.45, 7) is 7.45. The number of rotatable bonds is 4. The molecule has 0 fully saturated rings. The van der Waals surface area contributed by atoms with Crippen molar-refractivity contribution >= 4 is 13.5 Å². The Bertz CT molecular complexity index is 216. The van der Waals surface area contributed by atoms with Gasteiger partial charge in [-0.25, -0.2) is 0 Å². The Balaban J connectivity index is 4.60. The van der Waals surface area contributed by atoms with Gasteiger partial charge in [-0.15, -0.1) is 0 Å². The zero-order chi connectivity index (χ0) is 10.7. The monoisotopic (exact) mass is 182 g/mol. The predicted molar refractivity (Wildman–Crippen MR) is 58.5 cm³/mol. The first-order chi connectivity index (χ1) is 5.74. The Kier molecular flexibility index (Phi) is 3.73. The largest absolute Gasteiger partial charge is 0.405 e. The highest BCUT2D eigenvalue weighted by Gasteiger charge is 2.36. The molecule has 0 bridgehead atoms. The SMILES string of the molecule is CC(C)(O)C(C)(C)B/C(C=N)=C/N. The summed E-state index contributed by atoms with van der Waals surface area (Å²) >= 11 is 0. The molecule has 0 aromatic rings. The fraction of sp³-hybridized carbons (Fsp3) is 0.667. The van der Waals surface area contributed by atoms with Crippen molar-refractivity contribution in [3.63, 3.8) is 0 Å². The van der Waals surface area contributed by atoms with E-state index >= 15 is 0 Å². The van der Waals surface area contributed by atoms with E-state index in [1.165, 1.54) is 12.4 Å². The maximum atomic E-state index is 9.84. The minimum absolute atomic E-state index is 0.282. The minimum atomic E-state index is -0.774. The lowest BCUT2D eigenvalue weighted by Crippen LogP contribution is -2.38. The summed E-state index contributed by atoms with van der Waals surface area (Å²) < 4.78 is 0. The van der Waals surface area contributed by atoms with E-state index in [4.69, 9.17) is 11.1 Å². The van der Waals surface area contributed by atoms with Gasteiger partial charge in [0.2, 0.25) is 0 Å². The highest BCUT2D eigenvalue weighted by Crippen LogP contribution is 2.37. The van der Waals surface area contributed by atoms with Crippen molar-refractivity contribution in [1.82, 2.24) is 0 Å². The molecule has 0 aliphatic carbocycles. The molecule has 0 aromatic carbocycles. The molecule has 0 aliphatic rings. The van der Waals surface area contributed by atoms with E-state index in [9.17, 15) is 5.11 Å². The zero-order valence-electron chi connectivity index (χ0n) is 8.89. The van der Waals surface area contributed by atoms with Gasteiger partial charge in [0.15, 0.2) is 7.28 Å². The third-order valence-electron chi connectivity index (χ3n) is 2.70. The number of allylic oxidation sites excluding steroid dienone is 1. The van der Waals surface area contributed by atoms with Crippen LogP contribution in [0.1, 0.15) is 27.7 Å². The smallest absolute Gasteiger partial charge is 0.170 e. The van der Waals surface area contributed by atoms with Crippen molar-refractivity contribution in [3.05, 3.63) is 11.7 Å². The number of nitrogens with two attached hydrogens (primary N) is 1. The van der Waals surface area contributed by atoms with E-state index in [2.05, 4.69) is 0 Å². The quantitative estimate of drug-likeness (QED) is 0.445. The molecule has 13 heavy (non-hydrogen) atoms. The third kappa shape index (κ3) is 3.23. The molecule has 0 spiro atoms. The molecule has 4 heteroatoms. The minimum Gasteiger partial charge on any atom is -0.405 e. The van der Waals surface area contributed by atoms with E-state index in [-0.39, 0.29) is 5.31 Å². The average molecular weight is 182 g/mol. The molecule has 0 amide bonds. The molecule has 0 rings (SSSR count). The molecule has 0 aliphatic heterocycles. The van der Waals surface area contributed by atoms with Gasteiger partial charge in [-0.05, 0) is 25.4 Å². The fourth-order valence-electron chi connectivity index (χ4n) is 0.885. The van der Waals surface area contributed by atoms with E-state index in [0.717, 1.165) is 5.47 Å². The average Bonchev–Trinajstić information content (AvgIpc) is 1.98. The van der Waals surface area contributed by atoms with E-state index < -0.39 is 5.60 Å². The van der Waals surface area contributed by atoms with Crippen molar-refractivity contribution in [2.45, 2.75) is 38.6 Å². The van der Waals surface area contributed by atoms with Crippen LogP contribution in [0.25, 0.3) is 0 Å². The molecule has 0 unspecified atom stereocenters. The molecule has 0 saturated heterocycles. The summed E-state index contributed by atoms with van der Waals surface area (Å²) in [5, 5.41) is 16.6. The van der Waals surface area contributed by atoms with E-state index in [1.807, 2.05) is 13.8 Å². The Morgan fingerprint density at radius 1 is 1.38 bits per heavy atom. The van der Waals surface area contributed by atoms with Crippen LogP contribution in [0.15, 0.2) is 11.7 Å². The summed E-state index contributed by atoms with van der Waals surface area (Å²) in [4.78, 5) is 0. The molecule has 74 valence electrons. The van der Waals surface area contributed by atoms with Crippen molar-refractivity contribution < 1.29 is 5.11 Å². The van der Waals surface area contributed by atoms with Crippen LogP contribution in [0.5, 0.6) is 0 Å². The molecule has 0 heterocycles. The lowest BCUT2D eigenvalue weighted by Gasteiger charge is -2.36. The highest BCUT2D eigenvalue weighted by atomic mass is 16.3. The van der Waals surface area contributed by atoms with Crippen molar-refractivity contribution in [3.8, 4) is 0 Å². The Morgan fingerprint density at radius 3 is 2.08 bits per heavy atom. The van der Waals surface area contributed by atoms with Crippen LogP contribution in [0, 0.1) is 5.41 Å². The molecular formula is C9H19BN2O. The normalized spacial score (nSPS) is 14.1. The number of hydrogen-bond acceptors (Lipinski definition) is 3. The summed E-state index contributed by atoms with van der Waals surface area (Å²) in [5.41, 5.74) is 5.31. The van der Waals surface area contributed by atoms with Crippen molar-refractivity contribution in [1.29, 1.82) is 5.41 Å². The third-order valence-corrected chi connectivity index (χ3v) is 2.70. The van der Waals surface area contributed by atoms with Crippen LogP contribution in [0.4, 0.5) is 0 Å². The van der Waals surface area contributed by atoms with Crippen LogP contribution in [-0.2, 0) is 0 Å². The number of hydrogen-bond donors (Lipinski definition) is 3. The topological polar surface area (TPSA) is 70.1 Å². The summed E-state index contributed by atoms with van der Waals surface area (Å²) in [7, 11) is 0.608. The summed E-state index contributed by atoms with van der Waals surface area (Å²) in [5.74, 6) is 0. The standard InChI is InChI=1S/C9H19BN2O/c1-8(2,9(3,4)13)10-7(5-11)6-12/h5-6,10-11,13H,12H2,1-4H3/b7-6+,11-5?. The zero-order valence-corrected chi connectivity index (χ0v) is 8.89. The summed E-state index contributed by atoms with van der Waals surface area (Å²) in [6, 6.07) is 0. The van der Waals surface area contributed by atoms with Gasteiger partial charge in [-0.1, -0.05) is 19.3 Å². The van der Waals surface area contributed by atoms with Crippen molar-refractivity contribution in [2.75, 3.05) is 0 Å². The number of aliphatic hydroxyl groups is 1. The summed E-state index contributed by atoms with van der Waals surface area (Å²) in [6.07, 6.45) is 2.65. The maximum absolute atomic E-state index is 9.84. The highest BCUT2D eigenvalue weighted by molar-refractivity contribution is 6.55.